The number of rotatable bonds is 5. The van der Waals surface area contributed by atoms with Crippen molar-refractivity contribution in [1.29, 1.82) is 0 Å². The zero-order valence-corrected chi connectivity index (χ0v) is 17.2. The molecule has 0 spiro atoms. The highest BCUT2D eigenvalue weighted by Crippen LogP contribution is 2.19. The molecule has 6 heteroatoms. The summed E-state index contributed by atoms with van der Waals surface area (Å²) in [6, 6.07) is 23.6. The van der Waals surface area contributed by atoms with Gasteiger partial charge in [0.25, 0.3) is 5.91 Å². The number of hydrogen-bond donors (Lipinski definition) is 1. The van der Waals surface area contributed by atoms with Gasteiger partial charge in [-0.2, -0.15) is 0 Å². The van der Waals surface area contributed by atoms with Crippen LogP contribution < -0.4 is 5.32 Å². The summed E-state index contributed by atoms with van der Waals surface area (Å²) in [4.78, 5) is 19.5. The van der Waals surface area contributed by atoms with Gasteiger partial charge in [0.1, 0.15) is 6.33 Å². The van der Waals surface area contributed by atoms with Crippen LogP contribution in [0, 0.1) is 0 Å². The van der Waals surface area contributed by atoms with E-state index in [0.717, 1.165) is 55.3 Å². The molecule has 0 unspecified atom stereocenters. The number of benzene rings is 3. The summed E-state index contributed by atoms with van der Waals surface area (Å²) in [6.07, 6.45) is 1.80. The lowest BCUT2D eigenvalue weighted by atomic mass is 10.1. The van der Waals surface area contributed by atoms with E-state index in [4.69, 9.17) is 4.74 Å². The molecule has 6 nitrogen and oxygen atoms in total. The predicted molar refractivity (Wildman–Crippen MR) is 122 cm³/mol. The Morgan fingerprint density at radius 2 is 1.68 bits per heavy atom. The van der Waals surface area contributed by atoms with Gasteiger partial charge < -0.3 is 10.1 Å². The minimum atomic E-state index is -0.122. The normalized spacial score (nSPS) is 14.6. The summed E-state index contributed by atoms with van der Waals surface area (Å²) in [5.74, 6) is -0.122. The van der Waals surface area contributed by atoms with Crippen LogP contribution in [0.1, 0.15) is 15.9 Å². The van der Waals surface area contributed by atoms with Crippen molar-refractivity contribution in [2.45, 2.75) is 6.54 Å². The Hall–Kier alpha value is -3.48. The Morgan fingerprint density at radius 3 is 2.45 bits per heavy atom. The van der Waals surface area contributed by atoms with Crippen LogP contribution in [-0.2, 0) is 11.3 Å². The molecule has 5 rings (SSSR count). The number of amides is 1. The smallest absolute Gasteiger partial charge is 0.255 e. The summed E-state index contributed by atoms with van der Waals surface area (Å²) >= 11 is 0. The van der Waals surface area contributed by atoms with Crippen molar-refractivity contribution in [2.24, 2.45) is 0 Å². The van der Waals surface area contributed by atoms with Gasteiger partial charge >= 0.3 is 0 Å². The number of nitrogens with one attached hydrogen (secondary N) is 1. The molecule has 1 N–H and O–H groups in total. The number of aromatic nitrogens is 2. The van der Waals surface area contributed by atoms with Gasteiger partial charge in [0, 0.05) is 36.6 Å². The molecule has 156 valence electrons. The SMILES string of the molecule is O=C(Nc1ccc(CN2CCOCC2)cc1)c1ccc(-n2cnc3ccccc32)cc1. The van der Waals surface area contributed by atoms with E-state index in [1.807, 2.05) is 65.2 Å². The molecule has 1 amide bonds. The van der Waals surface area contributed by atoms with E-state index in [-0.39, 0.29) is 5.91 Å². The molecule has 1 aliphatic rings. The van der Waals surface area contributed by atoms with Crippen molar-refractivity contribution in [3.8, 4) is 5.69 Å². The Labute approximate surface area is 181 Å². The van der Waals surface area contributed by atoms with Gasteiger partial charge in [0.05, 0.1) is 24.2 Å². The molecule has 2 heterocycles. The number of nitrogens with zero attached hydrogens (tertiary/aromatic N) is 3. The van der Waals surface area contributed by atoms with E-state index < -0.39 is 0 Å². The molecular weight excluding hydrogens is 388 g/mol. The Kier molecular flexibility index (Phi) is 5.48. The molecule has 1 aliphatic heterocycles. The highest BCUT2D eigenvalue weighted by Gasteiger charge is 2.11. The number of carbonyl (C=O) groups excluding carboxylic acids is 1. The maximum Gasteiger partial charge on any atom is 0.255 e. The van der Waals surface area contributed by atoms with Crippen molar-refractivity contribution in [1.82, 2.24) is 14.5 Å². The molecule has 0 aliphatic carbocycles. The molecule has 4 aromatic rings. The number of ether oxygens (including phenoxy) is 1. The first kappa shape index (κ1) is 19.5. The molecular formula is C25H24N4O2. The average molecular weight is 412 g/mol. The van der Waals surface area contributed by atoms with Crippen LogP contribution >= 0.6 is 0 Å². The standard InChI is InChI=1S/C25H24N4O2/c30-25(27-21-9-5-19(6-10-21)17-28-13-15-31-16-14-28)20-7-11-22(12-8-20)29-18-26-23-3-1-2-4-24(23)29/h1-12,18H,13-17H2,(H,27,30). The molecule has 1 aromatic heterocycles. The Balaban J connectivity index is 1.24. The molecule has 0 radical (unpaired) electrons. The van der Waals surface area contributed by atoms with Crippen LogP contribution in [0.4, 0.5) is 5.69 Å². The van der Waals surface area contributed by atoms with E-state index in [1.54, 1.807) is 6.33 Å². The van der Waals surface area contributed by atoms with E-state index in [0.29, 0.717) is 5.56 Å². The van der Waals surface area contributed by atoms with E-state index in [1.165, 1.54) is 5.56 Å². The number of carbonyl (C=O) groups is 1. The lowest BCUT2D eigenvalue weighted by Gasteiger charge is -2.26. The zero-order chi connectivity index (χ0) is 21.0. The van der Waals surface area contributed by atoms with Crippen LogP contribution in [0.15, 0.2) is 79.1 Å². The second-order valence-electron chi connectivity index (χ2n) is 7.69. The van der Waals surface area contributed by atoms with Crippen molar-refractivity contribution in [2.75, 3.05) is 31.6 Å². The largest absolute Gasteiger partial charge is 0.379 e. The van der Waals surface area contributed by atoms with Gasteiger partial charge in [-0.15, -0.1) is 0 Å². The van der Waals surface area contributed by atoms with Gasteiger partial charge in [-0.1, -0.05) is 24.3 Å². The second-order valence-corrected chi connectivity index (χ2v) is 7.69. The van der Waals surface area contributed by atoms with E-state index in [9.17, 15) is 4.79 Å². The number of anilines is 1. The van der Waals surface area contributed by atoms with Crippen molar-refractivity contribution in [3.63, 3.8) is 0 Å². The van der Waals surface area contributed by atoms with Gasteiger partial charge in [-0.25, -0.2) is 4.98 Å². The average Bonchev–Trinajstić information content (AvgIpc) is 3.25. The molecule has 0 saturated carbocycles. The number of para-hydroxylation sites is 2. The third kappa shape index (κ3) is 4.35. The maximum atomic E-state index is 12.7. The Morgan fingerprint density at radius 1 is 0.935 bits per heavy atom. The number of fused-ring (bicyclic) bond motifs is 1. The van der Waals surface area contributed by atoms with Crippen LogP contribution in [-0.4, -0.2) is 46.7 Å². The molecule has 1 saturated heterocycles. The zero-order valence-electron chi connectivity index (χ0n) is 17.2. The first-order chi connectivity index (χ1) is 15.3. The van der Waals surface area contributed by atoms with Gasteiger partial charge in [-0.3, -0.25) is 14.3 Å². The fourth-order valence-electron chi connectivity index (χ4n) is 3.85. The fraction of sp³-hybridized carbons (Fsp3) is 0.200. The topological polar surface area (TPSA) is 59.4 Å². The molecule has 31 heavy (non-hydrogen) atoms. The lowest BCUT2D eigenvalue weighted by Crippen LogP contribution is -2.35. The van der Waals surface area contributed by atoms with Crippen LogP contribution in [0.5, 0.6) is 0 Å². The monoisotopic (exact) mass is 412 g/mol. The predicted octanol–water partition coefficient (Wildman–Crippen LogP) is 4.11. The maximum absolute atomic E-state index is 12.7. The molecule has 3 aromatic carbocycles. The third-order valence-electron chi connectivity index (χ3n) is 5.58. The Bertz CT molecular complexity index is 1180. The van der Waals surface area contributed by atoms with Crippen molar-refractivity contribution >= 4 is 22.6 Å². The first-order valence-electron chi connectivity index (χ1n) is 10.5. The summed E-state index contributed by atoms with van der Waals surface area (Å²) in [5.41, 5.74) is 5.60. The molecule has 0 atom stereocenters. The summed E-state index contributed by atoms with van der Waals surface area (Å²) in [5, 5.41) is 2.98. The highest BCUT2D eigenvalue weighted by atomic mass is 16.5. The van der Waals surface area contributed by atoms with Crippen LogP contribution in [0.2, 0.25) is 0 Å². The van der Waals surface area contributed by atoms with E-state index in [2.05, 4.69) is 27.3 Å². The minimum absolute atomic E-state index is 0.122. The summed E-state index contributed by atoms with van der Waals surface area (Å²) < 4.78 is 7.41. The highest BCUT2D eigenvalue weighted by molar-refractivity contribution is 6.04. The fourth-order valence-corrected chi connectivity index (χ4v) is 3.85. The van der Waals surface area contributed by atoms with Gasteiger partial charge in [-0.05, 0) is 54.1 Å². The van der Waals surface area contributed by atoms with Crippen LogP contribution in [0.3, 0.4) is 0 Å². The van der Waals surface area contributed by atoms with Crippen molar-refractivity contribution < 1.29 is 9.53 Å². The summed E-state index contributed by atoms with van der Waals surface area (Å²) in [6.45, 7) is 4.42. The van der Waals surface area contributed by atoms with Crippen LogP contribution in [0.25, 0.3) is 16.7 Å². The second kappa shape index (κ2) is 8.71. The number of morpholine rings is 1. The molecule has 0 bridgehead atoms. The van der Waals surface area contributed by atoms with E-state index >= 15 is 0 Å². The minimum Gasteiger partial charge on any atom is -0.379 e. The van der Waals surface area contributed by atoms with Gasteiger partial charge in [0.2, 0.25) is 0 Å². The number of hydrogen-bond acceptors (Lipinski definition) is 4. The third-order valence-corrected chi connectivity index (χ3v) is 5.58. The van der Waals surface area contributed by atoms with Gasteiger partial charge in [0.15, 0.2) is 0 Å². The molecule has 1 fully saturated rings. The summed E-state index contributed by atoms with van der Waals surface area (Å²) in [7, 11) is 0. The number of imidazole rings is 1. The first-order valence-corrected chi connectivity index (χ1v) is 10.5. The lowest BCUT2D eigenvalue weighted by molar-refractivity contribution is 0.0342. The quantitative estimate of drug-likeness (QED) is 0.536. The van der Waals surface area contributed by atoms with Crippen molar-refractivity contribution in [3.05, 3.63) is 90.3 Å².